The molecule has 1 N–H and O–H groups in total. The quantitative estimate of drug-likeness (QED) is 0.668. The second-order valence-electron chi connectivity index (χ2n) is 6.22. The highest BCUT2D eigenvalue weighted by molar-refractivity contribution is 7.90. The minimum atomic E-state index is -3.83. The van der Waals surface area contributed by atoms with E-state index in [0.29, 0.717) is 50.9 Å². The highest BCUT2D eigenvalue weighted by atomic mass is 32.2. The summed E-state index contributed by atoms with van der Waals surface area (Å²) >= 11 is 0. The van der Waals surface area contributed by atoms with Gasteiger partial charge in [-0.1, -0.05) is 0 Å². The molecule has 0 bridgehead atoms. The fourth-order valence-electron chi connectivity index (χ4n) is 2.77. The van der Waals surface area contributed by atoms with Crippen LogP contribution in [0.5, 0.6) is 11.5 Å². The van der Waals surface area contributed by atoms with Gasteiger partial charge in [-0.3, -0.25) is 0 Å². The van der Waals surface area contributed by atoms with Crippen LogP contribution in [0, 0.1) is 0 Å². The first-order valence-corrected chi connectivity index (χ1v) is 11.4. The van der Waals surface area contributed by atoms with Crippen molar-refractivity contribution < 1.29 is 26.3 Å². The van der Waals surface area contributed by atoms with E-state index in [1.165, 1.54) is 22.5 Å². The molecule has 26 heavy (non-hydrogen) atoms. The van der Waals surface area contributed by atoms with Gasteiger partial charge >= 0.3 is 0 Å². The summed E-state index contributed by atoms with van der Waals surface area (Å²) in [6, 6.07) is 4.32. The van der Waals surface area contributed by atoms with Crippen molar-refractivity contribution in [3.8, 4) is 11.5 Å². The highest BCUT2D eigenvalue weighted by Gasteiger charge is 2.26. The predicted molar refractivity (Wildman–Crippen MR) is 95.5 cm³/mol. The van der Waals surface area contributed by atoms with Crippen molar-refractivity contribution in [3.63, 3.8) is 0 Å². The van der Waals surface area contributed by atoms with E-state index >= 15 is 0 Å². The first-order valence-electron chi connectivity index (χ1n) is 8.34. The van der Waals surface area contributed by atoms with E-state index in [2.05, 4.69) is 9.62 Å². The van der Waals surface area contributed by atoms with Gasteiger partial charge in [0.05, 0.1) is 10.6 Å². The van der Waals surface area contributed by atoms with Crippen molar-refractivity contribution in [2.75, 3.05) is 58.7 Å². The van der Waals surface area contributed by atoms with Crippen LogP contribution < -0.4 is 14.2 Å². The third kappa shape index (κ3) is 4.46. The van der Waals surface area contributed by atoms with Crippen LogP contribution in [0.3, 0.4) is 0 Å². The molecule has 0 aromatic heterocycles. The van der Waals surface area contributed by atoms with Crippen molar-refractivity contribution >= 4 is 20.0 Å². The van der Waals surface area contributed by atoms with Gasteiger partial charge in [0.1, 0.15) is 13.2 Å². The Kier molecular flexibility index (Phi) is 5.72. The van der Waals surface area contributed by atoms with Crippen molar-refractivity contribution in [3.05, 3.63) is 18.2 Å². The summed E-state index contributed by atoms with van der Waals surface area (Å²) in [4.78, 5) is 2.06. The maximum Gasteiger partial charge on any atom is 0.240 e. The molecule has 1 saturated heterocycles. The molecule has 0 amide bonds. The highest BCUT2D eigenvalue weighted by Crippen LogP contribution is 2.32. The molecule has 11 heteroatoms. The van der Waals surface area contributed by atoms with E-state index in [-0.39, 0.29) is 17.2 Å². The molecule has 2 aliphatic rings. The topological polar surface area (TPSA) is 105 Å². The number of hydrogen-bond acceptors (Lipinski definition) is 7. The lowest BCUT2D eigenvalue weighted by atomic mass is 10.3. The molecule has 3 rings (SSSR count). The minimum absolute atomic E-state index is 0.0127. The third-order valence-corrected chi connectivity index (χ3v) is 7.66. The molecule has 2 heterocycles. The number of benzene rings is 1. The maximum atomic E-state index is 12.4. The Morgan fingerprint density at radius 2 is 1.65 bits per heavy atom. The number of sulfonamides is 2. The van der Waals surface area contributed by atoms with Gasteiger partial charge in [0.15, 0.2) is 11.5 Å². The van der Waals surface area contributed by atoms with Crippen LogP contribution >= 0.6 is 0 Å². The van der Waals surface area contributed by atoms with Gasteiger partial charge in [-0.25, -0.2) is 21.6 Å². The van der Waals surface area contributed by atoms with Crippen molar-refractivity contribution in [1.29, 1.82) is 0 Å². The van der Waals surface area contributed by atoms with E-state index in [0.717, 1.165) is 0 Å². The summed E-state index contributed by atoms with van der Waals surface area (Å²) in [6.07, 6.45) is 0. The summed E-state index contributed by atoms with van der Waals surface area (Å²) in [6.45, 7) is 2.77. The van der Waals surface area contributed by atoms with E-state index in [1.807, 2.05) is 7.05 Å². The molecule has 0 saturated carbocycles. The fourth-order valence-corrected chi connectivity index (χ4v) is 5.29. The number of nitrogens with zero attached hydrogens (tertiary/aromatic N) is 2. The maximum absolute atomic E-state index is 12.4. The largest absolute Gasteiger partial charge is 0.486 e. The molecule has 1 fully saturated rings. The average molecular weight is 405 g/mol. The van der Waals surface area contributed by atoms with Gasteiger partial charge in [-0.15, -0.1) is 0 Å². The summed E-state index contributed by atoms with van der Waals surface area (Å²) in [5, 5.41) is 0. The predicted octanol–water partition coefficient (Wildman–Crippen LogP) is -0.687. The van der Waals surface area contributed by atoms with Crippen LogP contribution in [0.1, 0.15) is 0 Å². The first kappa shape index (κ1) is 19.4. The average Bonchev–Trinajstić information content (AvgIpc) is 2.61. The smallest absolute Gasteiger partial charge is 0.240 e. The Morgan fingerprint density at radius 1 is 1.00 bits per heavy atom. The second kappa shape index (κ2) is 7.69. The number of nitrogens with one attached hydrogen (secondary N) is 1. The summed E-state index contributed by atoms with van der Waals surface area (Å²) < 4.78 is 64.0. The zero-order valence-electron chi connectivity index (χ0n) is 14.5. The normalized spacial score (nSPS) is 19.4. The van der Waals surface area contributed by atoms with Gasteiger partial charge < -0.3 is 14.4 Å². The molecule has 9 nitrogen and oxygen atoms in total. The monoisotopic (exact) mass is 405 g/mol. The number of hydrogen-bond donors (Lipinski definition) is 1. The SMILES string of the molecule is CN1CCN(S(=O)(=O)CCNS(=O)(=O)c2ccc3c(c2)OCCO3)CC1. The van der Waals surface area contributed by atoms with Gasteiger partial charge in [0.2, 0.25) is 20.0 Å². The van der Waals surface area contributed by atoms with Crippen molar-refractivity contribution in [1.82, 2.24) is 13.9 Å². The van der Waals surface area contributed by atoms with Crippen LogP contribution in [-0.4, -0.2) is 84.8 Å². The molecule has 146 valence electrons. The van der Waals surface area contributed by atoms with E-state index in [1.54, 1.807) is 0 Å². The van der Waals surface area contributed by atoms with E-state index in [4.69, 9.17) is 9.47 Å². The van der Waals surface area contributed by atoms with Crippen LogP contribution in [0.15, 0.2) is 23.1 Å². The number of ether oxygens (including phenoxy) is 2. The number of likely N-dealkylation sites (N-methyl/N-ethyl adjacent to an activating group) is 1. The second-order valence-corrected chi connectivity index (χ2v) is 10.1. The lowest BCUT2D eigenvalue weighted by molar-refractivity contribution is 0.171. The van der Waals surface area contributed by atoms with Crippen LogP contribution in [0.4, 0.5) is 0 Å². The molecule has 0 radical (unpaired) electrons. The number of rotatable bonds is 6. The summed E-state index contributed by atoms with van der Waals surface area (Å²) in [5.41, 5.74) is 0. The summed E-state index contributed by atoms with van der Waals surface area (Å²) in [5.74, 6) is 0.581. The Labute approximate surface area is 154 Å². The molecule has 0 aliphatic carbocycles. The zero-order valence-corrected chi connectivity index (χ0v) is 16.2. The fraction of sp³-hybridized carbons (Fsp3) is 0.600. The molecule has 1 aromatic carbocycles. The lowest BCUT2D eigenvalue weighted by Crippen LogP contribution is -2.48. The Hall–Kier alpha value is -1.40. The molecule has 2 aliphatic heterocycles. The standard InChI is InChI=1S/C15H23N3O6S2/c1-17-5-7-18(8-6-17)25(19,20)11-4-16-26(21,22)13-2-3-14-15(12-13)24-10-9-23-14/h2-3,12,16H,4-11H2,1H3. The first-order chi connectivity index (χ1) is 12.3. The van der Waals surface area contributed by atoms with Gasteiger partial charge in [0.25, 0.3) is 0 Å². The van der Waals surface area contributed by atoms with Gasteiger partial charge in [0, 0.05) is 38.8 Å². The molecular weight excluding hydrogens is 382 g/mol. The molecule has 1 aromatic rings. The van der Waals surface area contributed by atoms with Crippen molar-refractivity contribution in [2.24, 2.45) is 0 Å². The number of piperazine rings is 1. The molecular formula is C15H23N3O6S2. The molecule has 0 unspecified atom stereocenters. The Morgan fingerprint density at radius 3 is 2.35 bits per heavy atom. The summed E-state index contributed by atoms with van der Waals surface area (Å²) in [7, 11) is -5.39. The molecule has 0 atom stereocenters. The van der Waals surface area contributed by atoms with Crippen LogP contribution in [0.2, 0.25) is 0 Å². The minimum Gasteiger partial charge on any atom is -0.486 e. The van der Waals surface area contributed by atoms with Crippen molar-refractivity contribution in [2.45, 2.75) is 4.90 Å². The van der Waals surface area contributed by atoms with Gasteiger partial charge in [-0.2, -0.15) is 4.31 Å². The lowest BCUT2D eigenvalue weighted by Gasteiger charge is -2.31. The van der Waals surface area contributed by atoms with Gasteiger partial charge in [-0.05, 0) is 19.2 Å². The van der Waals surface area contributed by atoms with E-state index < -0.39 is 20.0 Å². The zero-order chi connectivity index (χ0) is 18.8. The Balaban J connectivity index is 1.60. The van der Waals surface area contributed by atoms with Crippen LogP contribution in [0.25, 0.3) is 0 Å². The molecule has 0 spiro atoms. The van der Waals surface area contributed by atoms with E-state index in [9.17, 15) is 16.8 Å². The number of fused-ring (bicyclic) bond motifs is 1. The Bertz CT molecular complexity index is 848. The van der Waals surface area contributed by atoms with Crippen LogP contribution in [-0.2, 0) is 20.0 Å². The third-order valence-electron chi connectivity index (χ3n) is 4.33.